The maximum absolute atomic E-state index is 2.54. The molecule has 90 valence electrons. The van der Waals surface area contributed by atoms with Gasteiger partial charge in [-0.2, -0.15) is 0 Å². The van der Waals surface area contributed by atoms with Crippen molar-refractivity contribution in [3.63, 3.8) is 0 Å². The molecule has 1 aromatic rings. The average Bonchev–Trinajstić information content (AvgIpc) is 3.00. The predicted octanol–water partition coefficient (Wildman–Crippen LogP) is 4.47. The van der Waals surface area contributed by atoms with E-state index in [9.17, 15) is 0 Å². The quantitative estimate of drug-likeness (QED) is 0.702. The van der Waals surface area contributed by atoms with Crippen molar-refractivity contribution in [1.29, 1.82) is 0 Å². The normalized spacial score (nSPS) is 19.9. The van der Waals surface area contributed by atoms with Crippen LogP contribution in [0.25, 0.3) is 6.08 Å². The van der Waals surface area contributed by atoms with Crippen molar-refractivity contribution in [3.8, 4) is 0 Å². The van der Waals surface area contributed by atoms with Crippen molar-refractivity contribution in [2.75, 3.05) is 0 Å². The van der Waals surface area contributed by atoms with Crippen LogP contribution in [0.15, 0.2) is 51.9 Å². The van der Waals surface area contributed by atoms with Crippen molar-refractivity contribution in [1.82, 2.24) is 0 Å². The molecule has 18 heavy (non-hydrogen) atoms. The Morgan fingerprint density at radius 3 is 2.78 bits per heavy atom. The Morgan fingerprint density at radius 2 is 2.06 bits per heavy atom. The molecule has 2 aliphatic rings. The van der Waals surface area contributed by atoms with Gasteiger partial charge in [0.2, 0.25) is 0 Å². The van der Waals surface area contributed by atoms with Gasteiger partial charge in [-0.15, -0.1) is 0 Å². The summed E-state index contributed by atoms with van der Waals surface area (Å²) in [5.41, 5.74) is 2.94. The molecule has 1 unspecified atom stereocenters. The molecule has 2 heteroatoms. The van der Waals surface area contributed by atoms with Gasteiger partial charge in [-0.05, 0) is 0 Å². The summed E-state index contributed by atoms with van der Waals surface area (Å²) in [6, 6.07) is 8.99. The second kappa shape index (κ2) is 5.27. The Balaban J connectivity index is 2.05. The molecule has 0 nitrogen and oxygen atoms in total. The van der Waals surface area contributed by atoms with Crippen molar-refractivity contribution in [3.05, 3.63) is 63.0 Å². The Kier molecular flexibility index (Phi) is 3.68. The van der Waals surface area contributed by atoms with Crippen LogP contribution >= 0.6 is 0 Å². The van der Waals surface area contributed by atoms with Gasteiger partial charge in [-0.1, -0.05) is 0 Å². The van der Waals surface area contributed by atoms with E-state index < -0.39 is 20.4 Å². The van der Waals surface area contributed by atoms with Gasteiger partial charge in [-0.25, -0.2) is 0 Å². The Morgan fingerprint density at radius 1 is 1.22 bits per heavy atom. The first-order chi connectivity index (χ1) is 8.77. The predicted molar refractivity (Wildman–Crippen MR) is 77.5 cm³/mol. The second-order valence-corrected chi connectivity index (χ2v) is 22.9. The Hall–Kier alpha value is -0.460. The molecule has 0 saturated carbocycles. The van der Waals surface area contributed by atoms with Gasteiger partial charge in [0.25, 0.3) is 0 Å². The average molecular weight is 330 g/mol. The Bertz CT molecular complexity index is 601. The maximum atomic E-state index is 2.54. The van der Waals surface area contributed by atoms with Gasteiger partial charge in [0.15, 0.2) is 0 Å². The topological polar surface area (TPSA) is 0 Å². The van der Waals surface area contributed by atoms with E-state index in [1.165, 1.54) is 12.0 Å². The first-order valence-electron chi connectivity index (χ1n) is 6.58. The van der Waals surface area contributed by atoms with E-state index in [4.69, 9.17) is 0 Å². The number of hydrogen-bond acceptors (Lipinski definition) is 0. The molecule has 0 bridgehead atoms. The van der Waals surface area contributed by atoms with Crippen LogP contribution < -0.4 is 0 Å². The summed E-state index contributed by atoms with van der Waals surface area (Å²) in [5.74, 6) is 0. The summed E-state index contributed by atoms with van der Waals surface area (Å²) in [7, 11) is 0. The van der Waals surface area contributed by atoms with Crippen LogP contribution in [0.1, 0.15) is 21.2 Å². The van der Waals surface area contributed by atoms with E-state index in [0.717, 1.165) is 3.63 Å². The zero-order valence-corrected chi connectivity index (χ0v) is 14.4. The fourth-order valence-electron chi connectivity index (χ4n) is 2.98. The molecule has 0 N–H and O–H groups in total. The van der Waals surface area contributed by atoms with E-state index in [1.807, 2.05) is 3.28 Å². The summed E-state index contributed by atoms with van der Waals surface area (Å²) >= 11 is -1.49. The molecule has 0 aliphatic heterocycles. The summed E-state index contributed by atoms with van der Waals surface area (Å²) in [4.78, 5) is 0. The van der Waals surface area contributed by atoms with E-state index in [1.54, 1.807) is 5.56 Å². The van der Waals surface area contributed by atoms with Crippen LogP contribution in [0, 0.1) is 0 Å². The van der Waals surface area contributed by atoms with Gasteiger partial charge in [0.05, 0.1) is 0 Å². The van der Waals surface area contributed by atoms with Crippen molar-refractivity contribution < 1.29 is 20.4 Å². The summed E-state index contributed by atoms with van der Waals surface area (Å²) in [6.07, 6.45) is 13.2. The van der Waals surface area contributed by atoms with Gasteiger partial charge < -0.3 is 0 Å². The number of hydrogen-bond donors (Lipinski definition) is 0. The molecular weight excluding hydrogens is 311 g/mol. The zero-order chi connectivity index (χ0) is 12.5. The Labute approximate surface area is 117 Å². The first-order valence-corrected chi connectivity index (χ1v) is 15.4. The van der Waals surface area contributed by atoms with Crippen LogP contribution in [0.4, 0.5) is 0 Å². The van der Waals surface area contributed by atoms with Gasteiger partial charge >= 0.3 is 118 Å². The molecule has 3 rings (SSSR count). The van der Waals surface area contributed by atoms with E-state index in [0.29, 0.717) is 0 Å². The van der Waals surface area contributed by atoms with Crippen LogP contribution in [-0.4, -0.2) is 5.43 Å². The molecule has 0 spiro atoms. The van der Waals surface area contributed by atoms with Crippen LogP contribution in [-0.2, 0) is 20.4 Å². The molecular formula is C16H18SiZr. The van der Waals surface area contributed by atoms with Crippen molar-refractivity contribution in [2.45, 2.75) is 23.1 Å². The molecule has 0 fully saturated rings. The number of rotatable bonds is 2. The van der Waals surface area contributed by atoms with E-state index >= 15 is 0 Å². The third-order valence-electron chi connectivity index (χ3n) is 3.77. The number of benzene rings is 1. The summed E-state index contributed by atoms with van der Waals surface area (Å²) in [5, 5.41) is 0. The minimum atomic E-state index is -1.49. The SMILES string of the molecule is C[Si](C)=[Zr]([C]1=CC=CC1)[CH]1C=Cc2ccccc21. The molecule has 0 radical (unpaired) electrons. The molecule has 0 saturated heterocycles. The van der Waals surface area contributed by atoms with Gasteiger partial charge in [-0.3, -0.25) is 0 Å². The number of allylic oxidation sites excluding steroid dienone is 5. The van der Waals surface area contributed by atoms with Gasteiger partial charge in [0, 0.05) is 0 Å². The minimum absolute atomic E-state index is 0.143. The molecule has 0 heterocycles. The standard InChI is InChI=1S/C9H7.C5H5.C2H6Si.Zr/c1-2-5-9-7-3-6-8(9)4-1;1-2-4-5-3-1;1-3-2;/h1-7H;1-3H,4H2;1-2H3;. The molecule has 1 aromatic carbocycles. The molecule has 0 aromatic heterocycles. The monoisotopic (exact) mass is 328 g/mol. The van der Waals surface area contributed by atoms with Crippen LogP contribution in [0.5, 0.6) is 0 Å². The fourth-order valence-corrected chi connectivity index (χ4v) is 20.8. The summed E-state index contributed by atoms with van der Waals surface area (Å²) < 4.78 is 2.64. The fraction of sp³-hybridized carbons (Fsp3) is 0.250. The summed E-state index contributed by atoms with van der Waals surface area (Å²) in [6.45, 7) is 5.07. The first kappa shape index (κ1) is 12.6. The van der Waals surface area contributed by atoms with Crippen LogP contribution in [0.2, 0.25) is 13.1 Å². The van der Waals surface area contributed by atoms with Crippen molar-refractivity contribution >= 4 is 11.5 Å². The third-order valence-corrected chi connectivity index (χ3v) is 21.9. The molecule has 0 amide bonds. The number of fused-ring (bicyclic) bond motifs is 1. The molecule has 2 aliphatic carbocycles. The third kappa shape index (κ3) is 2.21. The van der Waals surface area contributed by atoms with Gasteiger partial charge in [0.1, 0.15) is 0 Å². The van der Waals surface area contributed by atoms with E-state index in [2.05, 4.69) is 67.7 Å². The van der Waals surface area contributed by atoms with E-state index in [-0.39, 0.29) is 5.43 Å². The second-order valence-electron chi connectivity index (χ2n) is 5.20. The van der Waals surface area contributed by atoms with Crippen molar-refractivity contribution in [2.24, 2.45) is 0 Å². The van der Waals surface area contributed by atoms with Crippen LogP contribution in [0.3, 0.4) is 0 Å². The molecule has 1 atom stereocenters. The zero-order valence-electron chi connectivity index (χ0n) is 11.0.